The Morgan fingerprint density at radius 2 is 1.74 bits per heavy atom. The Hall–Kier alpha value is -3.48. The molecule has 0 atom stereocenters. The van der Waals surface area contributed by atoms with E-state index in [1.807, 2.05) is 32.9 Å². The molecular weight excluding hydrogens is 429 g/mol. The maximum absolute atomic E-state index is 14.5. The summed E-state index contributed by atoms with van der Waals surface area (Å²) in [5.41, 5.74) is 6.09. The first kappa shape index (κ1) is 22.3. The van der Waals surface area contributed by atoms with Crippen LogP contribution in [0.3, 0.4) is 0 Å². The number of benzene rings is 1. The van der Waals surface area contributed by atoms with Gasteiger partial charge in [-0.1, -0.05) is 12.1 Å². The second-order valence-electron chi connectivity index (χ2n) is 9.32. The first-order valence-corrected chi connectivity index (χ1v) is 11.8. The van der Waals surface area contributed by atoms with E-state index in [1.165, 1.54) is 0 Å². The molecule has 7 heteroatoms. The van der Waals surface area contributed by atoms with Crippen LogP contribution in [0.25, 0.3) is 11.2 Å². The molecule has 1 aliphatic carbocycles. The molecule has 4 aromatic rings. The number of hydrogen-bond donors (Lipinski definition) is 0. The van der Waals surface area contributed by atoms with E-state index in [-0.39, 0.29) is 23.2 Å². The summed E-state index contributed by atoms with van der Waals surface area (Å²) in [6.45, 7) is 6.03. The fourth-order valence-corrected chi connectivity index (χ4v) is 5.27. The van der Waals surface area contributed by atoms with Crippen molar-refractivity contribution in [1.29, 1.82) is 0 Å². The van der Waals surface area contributed by atoms with Crippen LogP contribution in [0.15, 0.2) is 47.7 Å². The van der Waals surface area contributed by atoms with Gasteiger partial charge in [-0.05, 0) is 81.5 Å². The lowest BCUT2D eigenvalue weighted by molar-refractivity contribution is 0.384. The first-order valence-electron chi connectivity index (χ1n) is 11.8. The van der Waals surface area contributed by atoms with Gasteiger partial charge < -0.3 is 0 Å². The van der Waals surface area contributed by atoms with E-state index >= 15 is 0 Å². The molecule has 0 radical (unpaired) electrons. The van der Waals surface area contributed by atoms with Crippen molar-refractivity contribution in [2.24, 2.45) is 0 Å². The zero-order valence-electron chi connectivity index (χ0n) is 19.8. The molecule has 0 saturated heterocycles. The van der Waals surface area contributed by atoms with Crippen LogP contribution in [0.1, 0.15) is 71.3 Å². The largest absolute Gasteiger partial charge is 0.285 e. The van der Waals surface area contributed by atoms with E-state index < -0.39 is 0 Å². The molecule has 0 aliphatic heterocycles. The monoisotopic (exact) mass is 457 g/mol. The summed E-state index contributed by atoms with van der Waals surface area (Å²) in [5, 5.41) is 0. The van der Waals surface area contributed by atoms with E-state index in [0.717, 1.165) is 59.5 Å². The minimum absolute atomic E-state index is 0.0528. The van der Waals surface area contributed by atoms with E-state index in [1.54, 1.807) is 35.3 Å². The fraction of sp³-hybridized carbons (Fsp3) is 0.370. The summed E-state index contributed by atoms with van der Waals surface area (Å²) in [6.07, 6.45) is 8.40. The summed E-state index contributed by atoms with van der Waals surface area (Å²) in [6, 6.07) is 7.19. The van der Waals surface area contributed by atoms with Crippen molar-refractivity contribution >= 4 is 11.2 Å². The lowest BCUT2D eigenvalue weighted by Crippen LogP contribution is -2.29. The van der Waals surface area contributed by atoms with Crippen molar-refractivity contribution in [2.75, 3.05) is 0 Å². The average molecular weight is 458 g/mol. The van der Waals surface area contributed by atoms with Gasteiger partial charge in [0, 0.05) is 24.2 Å². The number of hydrogen-bond acceptors (Lipinski definition) is 5. The first-order chi connectivity index (χ1) is 16.4. The highest BCUT2D eigenvalue weighted by Crippen LogP contribution is 2.41. The molecule has 0 bridgehead atoms. The van der Waals surface area contributed by atoms with E-state index in [0.29, 0.717) is 17.7 Å². The molecule has 0 unspecified atom stereocenters. The summed E-state index contributed by atoms with van der Waals surface area (Å²) >= 11 is 0. The van der Waals surface area contributed by atoms with Crippen molar-refractivity contribution in [3.05, 3.63) is 92.8 Å². The predicted octanol–water partition coefficient (Wildman–Crippen LogP) is 5.14. The van der Waals surface area contributed by atoms with Crippen LogP contribution in [0.2, 0.25) is 0 Å². The van der Waals surface area contributed by atoms with Gasteiger partial charge in [0.1, 0.15) is 11.3 Å². The Morgan fingerprint density at radius 1 is 1.00 bits per heavy atom. The van der Waals surface area contributed by atoms with Gasteiger partial charge in [-0.2, -0.15) is 0 Å². The van der Waals surface area contributed by atoms with Crippen molar-refractivity contribution in [1.82, 2.24) is 24.5 Å². The lowest BCUT2D eigenvalue weighted by atomic mass is 9.75. The van der Waals surface area contributed by atoms with Gasteiger partial charge in [0.05, 0.1) is 23.6 Å². The molecule has 0 N–H and O–H groups in total. The van der Waals surface area contributed by atoms with Gasteiger partial charge >= 0.3 is 0 Å². The molecular formula is C27H28FN5O. The van der Waals surface area contributed by atoms with Gasteiger partial charge in [0.2, 0.25) is 0 Å². The number of aryl methyl sites for hydroxylation is 3. The number of pyridine rings is 1. The summed E-state index contributed by atoms with van der Waals surface area (Å²) in [5.74, 6) is 0.170. The molecule has 34 heavy (non-hydrogen) atoms. The van der Waals surface area contributed by atoms with Gasteiger partial charge in [-0.25, -0.2) is 9.37 Å². The van der Waals surface area contributed by atoms with Gasteiger partial charge in [-0.3, -0.25) is 24.3 Å². The minimum Gasteiger partial charge on any atom is -0.285 e. The van der Waals surface area contributed by atoms with Crippen molar-refractivity contribution < 1.29 is 4.39 Å². The molecule has 1 aromatic carbocycles. The molecule has 0 amide bonds. The minimum atomic E-state index is -0.124. The van der Waals surface area contributed by atoms with Crippen molar-refractivity contribution in [3.8, 4) is 0 Å². The number of nitrogens with zero attached hydrogens (tertiary/aromatic N) is 5. The molecule has 1 fully saturated rings. The zero-order chi connectivity index (χ0) is 23.8. The summed E-state index contributed by atoms with van der Waals surface area (Å²) < 4.78 is 16.2. The smallest absolute Gasteiger partial charge is 0.256 e. The Bertz CT molecular complexity index is 1400. The normalized spacial score (nSPS) is 18.4. The molecule has 174 valence electrons. The number of halogens is 1. The quantitative estimate of drug-likeness (QED) is 0.424. The summed E-state index contributed by atoms with van der Waals surface area (Å²) in [4.78, 5) is 31.7. The highest BCUT2D eigenvalue weighted by molar-refractivity contribution is 5.71. The Labute approximate surface area is 198 Å². The summed E-state index contributed by atoms with van der Waals surface area (Å²) in [7, 11) is 0. The topological polar surface area (TPSA) is 73.6 Å². The van der Waals surface area contributed by atoms with Crippen LogP contribution in [0.4, 0.5) is 4.39 Å². The van der Waals surface area contributed by atoms with Crippen LogP contribution in [-0.2, 0) is 6.54 Å². The van der Waals surface area contributed by atoms with E-state index in [2.05, 4.69) is 19.9 Å². The third-order valence-corrected chi connectivity index (χ3v) is 7.08. The van der Waals surface area contributed by atoms with Gasteiger partial charge in [0.25, 0.3) is 5.56 Å². The van der Waals surface area contributed by atoms with Crippen molar-refractivity contribution in [2.45, 2.75) is 64.8 Å². The predicted molar refractivity (Wildman–Crippen MR) is 129 cm³/mol. The maximum atomic E-state index is 14.5. The number of rotatable bonds is 4. The van der Waals surface area contributed by atoms with E-state index in [9.17, 15) is 9.18 Å². The van der Waals surface area contributed by atoms with Crippen LogP contribution in [0.5, 0.6) is 0 Å². The molecule has 0 spiro atoms. The molecule has 6 nitrogen and oxygen atoms in total. The van der Waals surface area contributed by atoms with Crippen molar-refractivity contribution in [3.63, 3.8) is 0 Å². The third kappa shape index (κ3) is 4.11. The zero-order valence-corrected chi connectivity index (χ0v) is 19.8. The Kier molecular flexibility index (Phi) is 5.94. The van der Waals surface area contributed by atoms with Crippen LogP contribution in [0, 0.1) is 26.6 Å². The Balaban J connectivity index is 1.51. The van der Waals surface area contributed by atoms with Gasteiger partial charge in [-0.15, -0.1) is 0 Å². The highest BCUT2D eigenvalue weighted by atomic mass is 19.1. The van der Waals surface area contributed by atoms with Crippen LogP contribution in [-0.4, -0.2) is 24.5 Å². The molecule has 5 rings (SSSR count). The number of aromatic nitrogens is 5. The maximum Gasteiger partial charge on any atom is 0.256 e. The standard InChI is InChI=1S/C27H28FN5O/c1-16-5-4-6-22(28)25(16)20-9-7-19(8-10-20)21-13-23-26(32-17(2)14-31-23)33(27(21)34)15-24-18(3)29-11-12-30-24/h4-6,11-14,19-20H,7-10,15H2,1-3H3/t19-,20-. The van der Waals surface area contributed by atoms with Gasteiger partial charge in [0.15, 0.2) is 5.65 Å². The Morgan fingerprint density at radius 3 is 2.47 bits per heavy atom. The highest BCUT2D eigenvalue weighted by Gasteiger charge is 2.29. The van der Waals surface area contributed by atoms with E-state index in [4.69, 9.17) is 0 Å². The lowest BCUT2D eigenvalue weighted by Gasteiger charge is -2.30. The van der Waals surface area contributed by atoms with Crippen LogP contribution >= 0.6 is 0 Å². The number of fused-ring (bicyclic) bond motifs is 1. The third-order valence-electron chi connectivity index (χ3n) is 7.08. The fourth-order valence-electron chi connectivity index (χ4n) is 5.27. The van der Waals surface area contributed by atoms with Crippen LogP contribution < -0.4 is 5.56 Å². The SMILES string of the molecule is Cc1cnc2cc([C@H]3CC[C@H](c4c(C)cccc4F)CC3)c(=O)n(Cc3nccnc3C)c2n1. The molecule has 3 aromatic heterocycles. The molecule has 1 saturated carbocycles. The average Bonchev–Trinajstić information content (AvgIpc) is 2.82. The second-order valence-corrected chi connectivity index (χ2v) is 9.32. The molecule has 3 heterocycles. The molecule has 1 aliphatic rings. The second kappa shape index (κ2) is 9.05.